The second-order valence-corrected chi connectivity index (χ2v) is 6.11. The molecule has 6 heteroatoms. The number of carboxylic acids is 1. The number of aromatic nitrogens is 2. The summed E-state index contributed by atoms with van der Waals surface area (Å²) in [6, 6.07) is 2.77. The van der Waals surface area contributed by atoms with Crippen LogP contribution >= 0.6 is 11.3 Å². The molecule has 0 aromatic carbocycles. The van der Waals surface area contributed by atoms with Crippen LogP contribution in [0, 0.1) is 5.82 Å². The van der Waals surface area contributed by atoms with E-state index in [1.165, 1.54) is 12.1 Å². The fraction of sp³-hybridized carbons (Fsp3) is 0.308. The average molecular weight is 280 g/mol. The number of thiazole rings is 1. The minimum Gasteiger partial charge on any atom is -0.477 e. The summed E-state index contributed by atoms with van der Waals surface area (Å²) in [4.78, 5) is 19.7. The van der Waals surface area contributed by atoms with E-state index in [1.807, 2.05) is 20.8 Å². The molecular weight excluding hydrogens is 267 g/mol. The lowest BCUT2D eigenvalue weighted by atomic mass is 9.91. The highest BCUT2D eigenvalue weighted by Gasteiger charge is 2.27. The number of aromatic carboxylic acids is 1. The Labute approximate surface area is 114 Å². The zero-order chi connectivity index (χ0) is 14.2. The molecule has 0 saturated heterocycles. The second kappa shape index (κ2) is 4.70. The molecule has 4 nitrogen and oxygen atoms in total. The van der Waals surface area contributed by atoms with Gasteiger partial charge in [0.2, 0.25) is 0 Å². The molecule has 0 atom stereocenters. The van der Waals surface area contributed by atoms with Gasteiger partial charge in [0.25, 0.3) is 0 Å². The fourth-order valence-electron chi connectivity index (χ4n) is 1.59. The maximum Gasteiger partial charge on any atom is 0.347 e. The van der Waals surface area contributed by atoms with E-state index >= 15 is 0 Å². The molecule has 0 aliphatic carbocycles. The molecule has 0 aliphatic rings. The molecule has 0 unspecified atom stereocenters. The third-order valence-corrected chi connectivity index (χ3v) is 3.54. The van der Waals surface area contributed by atoms with Crippen molar-refractivity contribution in [3.05, 3.63) is 34.7 Å². The third kappa shape index (κ3) is 2.78. The van der Waals surface area contributed by atoms with Gasteiger partial charge in [0.1, 0.15) is 15.7 Å². The smallest absolute Gasteiger partial charge is 0.347 e. The first-order chi connectivity index (χ1) is 8.79. The van der Waals surface area contributed by atoms with Gasteiger partial charge in [-0.05, 0) is 12.1 Å². The van der Waals surface area contributed by atoms with Crippen molar-refractivity contribution in [2.24, 2.45) is 0 Å². The van der Waals surface area contributed by atoms with E-state index in [0.717, 1.165) is 17.5 Å². The Balaban J connectivity index is 2.55. The van der Waals surface area contributed by atoms with E-state index in [2.05, 4.69) is 9.97 Å². The fourth-order valence-corrected chi connectivity index (χ4v) is 2.68. The van der Waals surface area contributed by atoms with E-state index in [-0.39, 0.29) is 10.3 Å². The lowest BCUT2D eigenvalue weighted by Crippen LogP contribution is -2.16. The number of halogens is 1. The Kier molecular flexibility index (Phi) is 3.36. The van der Waals surface area contributed by atoms with Gasteiger partial charge in [0.15, 0.2) is 0 Å². The average Bonchev–Trinajstić information content (AvgIpc) is 2.74. The first-order valence-corrected chi connectivity index (χ1v) is 6.47. The van der Waals surface area contributed by atoms with Crippen LogP contribution in [0.15, 0.2) is 18.3 Å². The van der Waals surface area contributed by atoms with E-state index in [4.69, 9.17) is 0 Å². The first kappa shape index (κ1) is 13.6. The van der Waals surface area contributed by atoms with Crippen molar-refractivity contribution in [2.75, 3.05) is 0 Å². The van der Waals surface area contributed by atoms with Gasteiger partial charge < -0.3 is 5.11 Å². The predicted octanol–water partition coefficient (Wildman–Crippen LogP) is 3.34. The molecular formula is C13H13FN2O2S. The molecule has 2 rings (SSSR count). The monoisotopic (exact) mass is 280 g/mol. The SMILES string of the molecule is CC(C)(C)c1nc(-c2ccc(F)cn2)sc1C(=O)O. The van der Waals surface area contributed by atoms with Gasteiger partial charge in [0, 0.05) is 5.41 Å². The summed E-state index contributed by atoms with van der Waals surface area (Å²) in [6.45, 7) is 5.70. The van der Waals surface area contributed by atoms with Gasteiger partial charge in [-0.1, -0.05) is 20.8 Å². The normalized spacial score (nSPS) is 11.6. The maximum atomic E-state index is 12.8. The van der Waals surface area contributed by atoms with E-state index < -0.39 is 11.8 Å². The Hall–Kier alpha value is -1.82. The highest BCUT2D eigenvalue weighted by atomic mass is 32.1. The predicted molar refractivity (Wildman–Crippen MR) is 71.0 cm³/mol. The number of carbonyl (C=O) groups is 1. The summed E-state index contributed by atoms with van der Waals surface area (Å²) in [7, 11) is 0. The molecule has 100 valence electrons. The van der Waals surface area contributed by atoms with Crippen LogP contribution in [-0.2, 0) is 5.41 Å². The number of rotatable bonds is 2. The molecule has 0 aliphatic heterocycles. The van der Waals surface area contributed by atoms with Crippen molar-refractivity contribution in [3.8, 4) is 10.7 Å². The minimum absolute atomic E-state index is 0.202. The molecule has 1 N–H and O–H groups in total. The lowest BCUT2D eigenvalue weighted by Gasteiger charge is -2.15. The summed E-state index contributed by atoms with van der Waals surface area (Å²) in [5.41, 5.74) is 0.623. The van der Waals surface area contributed by atoms with Crippen LogP contribution in [0.3, 0.4) is 0 Å². The molecule has 0 bridgehead atoms. The number of nitrogens with zero attached hydrogens (tertiary/aromatic N) is 2. The standard InChI is InChI=1S/C13H13FN2O2S/c1-13(2,3)10-9(12(17)18)19-11(16-10)8-5-4-7(14)6-15-8/h4-6H,1-3H3,(H,17,18). The summed E-state index contributed by atoms with van der Waals surface area (Å²) in [6.07, 6.45) is 1.09. The van der Waals surface area contributed by atoms with Crippen molar-refractivity contribution in [3.63, 3.8) is 0 Å². The quantitative estimate of drug-likeness (QED) is 0.916. The van der Waals surface area contributed by atoms with Crippen molar-refractivity contribution in [2.45, 2.75) is 26.2 Å². The molecule has 0 spiro atoms. The highest BCUT2D eigenvalue weighted by Crippen LogP contribution is 2.33. The molecule has 2 aromatic rings. The van der Waals surface area contributed by atoms with Crippen LogP contribution in [0.5, 0.6) is 0 Å². The molecule has 0 amide bonds. The maximum absolute atomic E-state index is 12.8. The molecule has 0 radical (unpaired) electrons. The summed E-state index contributed by atoms with van der Waals surface area (Å²) >= 11 is 1.06. The van der Waals surface area contributed by atoms with E-state index in [9.17, 15) is 14.3 Å². The lowest BCUT2D eigenvalue weighted by molar-refractivity contribution is 0.0699. The van der Waals surface area contributed by atoms with Crippen LogP contribution in [0.1, 0.15) is 36.1 Å². The van der Waals surface area contributed by atoms with Crippen molar-refractivity contribution in [1.29, 1.82) is 0 Å². The van der Waals surface area contributed by atoms with Crippen molar-refractivity contribution in [1.82, 2.24) is 9.97 Å². The molecule has 0 fully saturated rings. The van der Waals surface area contributed by atoms with Gasteiger partial charge in [-0.25, -0.2) is 14.2 Å². The second-order valence-electron chi connectivity index (χ2n) is 5.11. The summed E-state index contributed by atoms with van der Waals surface area (Å²) in [5.74, 6) is -1.44. The third-order valence-electron chi connectivity index (χ3n) is 2.48. The topological polar surface area (TPSA) is 63.1 Å². The zero-order valence-corrected chi connectivity index (χ0v) is 11.6. The van der Waals surface area contributed by atoms with Crippen molar-refractivity contribution >= 4 is 17.3 Å². The molecule has 0 saturated carbocycles. The molecule has 2 aromatic heterocycles. The largest absolute Gasteiger partial charge is 0.477 e. The van der Waals surface area contributed by atoms with Gasteiger partial charge in [-0.15, -0.1) is 11.3 Å². The van der Waals surface area contributed by atoms with Crippen LogP contribution in [0.2, 0.25) is 0 Å². The van der Waals surface area contributed by atoms with Gasteiger partial charge in [0.05, 0.1) is 17.6 Å². The Morgan fingerprint density at radius 3 is 2.47 bits per heavy atom. The molecule has 2 heterocycles. The number of carboxylic acid groups (broad SMARTS) is 1. The van der Waals surface area contributed by atoms with Crippen LogP contribution < -0.4 is 0 Å². The van der Waals surface area contributed by atoms with Crippen LogP contribution in [0.25, 0.3) is 10.7 Å². The Morgan fingerprint density at radius 1 is 1.37 bits per heavy atom. The molecule has 19 heavy (non-hydrogen) atoms. The van der Waals surface area contributed by atoms with Gasteiger partial charge in [-0.3, -0.25) is 4.98 Å². The number of pyridine rings is 1. The summed E-state index contributed by atoms with van der Waals surface area (Å²) in [5, 5.41) is 9.71. The summed E-state index contributed by atoms with van der Waals surface area (Å²) < 4.78 is 12.8. The van der Waals surface area contributed by atoms with Crippen molar-refractivity contribution < 1.29 is 14.3 Å². The minimum atomic E-state index is -1.00. The van der Waals surface area contributed by atoms with E-state index in [0.29, 0.717) is 16.4 Å². The first-order valence-electron chi connectivity index (χ1n) is 5.65. The number of hydrogen-bond acceptors (Lipinski definition) is 4. The van der Waals surface area contributed by atoms with Crippen LogP contribution in [0.4, 0.5) is 4.39 Å². The zero-order valence-electron chi connectivity index (χ0n) is 10.8. The highest BCUT2D eigenvalue weighted by molar-refractivity contribution is 7.17. The number of hydrogen-bond donors (Lipinski definition) is 1. The van der Waals surface area contributed by atoms with Crippen LogP contribution in [-0.4, -0.2) is 21.0 Å². The van der Waals surface area contributed by atoms with Gasteiger partial charge >= 0.3 is 5.97 Å². The Bertz CT molecular complexity index is 615. The van der Waals surface area contributed by atoms with Gasteiger partial charge in [-0.2, -0.15) is 0 Å². The van der Waals surface area contributed by atoms with E-state index in [1.54, 1.807) is 0 Å². The Morgan fingerprint density at radius 2 is 2.05 bits per heavy atom.